The lowest BCUT2D eigenvalue weighted by Gasteiger charge is -2.19. The summed E-state index contributed by atoms with van der Waals surface area (Å²) in [5, 5.41) is 18.1. The predicted octanol–water partition coefficient (Wildman–Crippen LogP) is -4.44. The molecule has 2 rings (SSSR count). The van der Waals surface area contributed by atoms with E-state index in [0.29, 0.717) is 98.4 Å². The van der Waals surface area contributed by atoms with Crippen LogP contribution in [0.1, 0.15) is 44.1 Å². The van der Waals surface area contributed by atoms with Crippen molar-refractivity contribution in [3.8, 4) is 0 Å². The van der Waals surface area contributed by atoms with Crippen LogP contribution in [0.15, 0.2) is 42.5 Å². The first-order valence-corrected chi connectivity index (χ1v) is 24.3. The Balaban J connectivity index is 1.38. The van der Waals surface area contributed by atoms with E-state index >= 15 is 0 Å². The molecular weight excluding hydrogens is 977 g/mol. The molecule has 27 nitrogen and oxygen atoms in total. The number of ether oxygens (including phenoxy) is 7. The second-order valence-corrected chi connectivity index (χ2v) is 16.2. The van der Waals surface area contributed by atoms with Gasteiger partial charge in [-0.2, -0.15) is 0 Å². The van der Waals surface area contributed by atoms with Crippen LogP contribution in [0.3, 0.4) is 0 Å². The standard InChI is InChI=1S/C47H74N10O17/c48-38(58)28-36(55-41(61)9-5-2-6-14-57-45(65)10-11-46(57)66)29-50-13-16-69-18-20-71-22-24-73-26-25-72-23-21-70-19-17-68-15-12-40(60)51-30-42(62)52-32-44(64)56-37(27-35-7-3-1-4-8-35)47(67)53-31-43(63)54-34-74-33-39(49)59/h1,3-4,7-8,10-11,36-37,50H,2,5-6,9,12-34H2,(H2,48,58)(H2,49,59)(H,51,60)(H,52,62)(H,53,67)(H,54,63)(H,55,61)(H,56,64)/t36?,37-/m0/s1. The van der Waals surface area contributed by atoms with Crippen molar-refractivity contribution >= 4 is 59.1 Å². The van der Waals surface area contributed by atoms with Crippen LogP contribution in [0.4, 0.5) is 0 Å². The number of hydrogen-bond acceptors (Lipinski definition) is 18. The molecule has 0 aliphatic carbocycles. The first kappa shape index (κ1) is 63.7. The Kier molecular flexibility index (Phi) is 35.2. The van der Waals surface area contributed by atoms with Gasteiger partial charge in [-0.05, 0) is 18.4 Å². The minimum absolute atomic E-state index is 0.0161. The summed E-state index contributed by atoms with van der Waals surface area (Å²) in [4.78, 5) is 121. The molecule has 2 atom stereocenters. The highest BCUT2D eigenvalue weighted by Crippen LogP contribution is 2.08. The number of amides is 10. The molecule has 0 aromatic heterocycles. The molecule has 0 bridgehead atoms. The summed E-state index contributed by atoms with van der Waals surface area (Å²) in [6, 6.07) is 7.25. The number of carbonyl (C=O) groups excluding carboxylic acids is 10. The highest BCUT2D eigenvalue weighted by Gasteiger charge is 2.24. The second-order valence-electron chi connectivity index (χ2n) is 16.2. The third kappa shape index (κ3) is 34.1. The molecule has 10 amide bonds. The van der Waals surface area contributed by atoms with Gasteiger partial charge in [0.2, 0.25) is 47.3 Å². The van der Waals surface area contributed by atoms with Crippen molar-refractivity contribution in [1.29, 1.82) is 0 Å². The first-order chi connectivity index (χ1) is 35.7. The van der Waals surface area contributed by atoms with E-state index in [1.54, 1.807) is 30.3 Å². The number of unbranched alkanes of at least 4 members (excludes halogenated alkanes) is 2. The van der Waals surface area contributed by atoms with E-state index in [0.717, 1.165) is 5.56 Å². The van der Waals surface area contributed by atoms with E-state index in [-0.39, 0.29) is 70.0 Å². The van der Waals surface area contributed by atoms with Crippen molar-refractivity contribution in [2.75, 3.05) is 132 Å². The molecule has 1 aliphatic heterocycles. The summed E-state index contributed by atoms with van der Waals surface area (Å²) in [5.74, 6) is -5.15. The van der Waals surface area contributed by atoms with Crippen LogP contribution < -0.4 is 48.7 Å². The summed E-state index contributed by atoms with van der Waals surface area (Å²) in [5.41, 5.74) is 11.0. The Labute approximate surface area is 429 Å². The van der Waals surface area contributed by atoms with Gasteiger partial charge in [0.05, 0.1) is 98.9 Å². The number of nitrogens with one attached hydrogen (secondary N) is 7. The van der Waals surface area contributed by atoms with Gasteiger partial charge in [0.15, 0.2) is 0 Å². The summed E-state index contributed by atoms with van der Waals surface area (Å²) in [6.07, 6.45) is 4.61. The number of primary amides is 2. The van der Waals surface area contributed by atoms with Crippen LogP contribution >= 0.6 is 0 Å². The van der Waals surface area contributed by atoms with Crippen LogP contribution in [0, 0.1) is 0 Å². The van der Waals surface area contributed by atoms with Crippen molar-refractivity contribution in [3.05, 3.63) is 48.0 Å². The molecule has 0 fully saturated rings. The summed E-state index contributed by atoms with van der Waals surface area (Å²) < 4.78 is 37.7. The molecule has 1 aromatic carbocycles. The average molecular weight is 1050 g/mol. The Bertz CT molecular complexity index is 1890. The number of benzene rings is 1. The normalized spacial score (nSPS) is 12.7. The third-order valence-electron chi connectivity index (χ3n) is 10.0. The SMILES string of the molecule is NC(=O)COCNC(=O)CNC(=O)[C@H](Cc1ccccc1)NC(=O)CNC(=O)CNC(=O)CCOCCOCCOCCOCCOCCOCCNCC(CC(N)=O)NC(=O)CCCCCN1C(=O)C=CC1=O. The monoisotopic (exact) mass is 1050 g/mol. The summed E-state index contributed by atoms with van der Waals surface area (Å²) in [7, 11) is 0. The molecular formula is C47H74N10O17. The largest absolute Gasteiger partial charge is 0.379 e. The van der Waals surface area contributed by atoms with Gasteiger partial charge in [0.25, 0.3) is 11.8 Å². The third-order valence-corrected chi connectivity index (χ3v) is 10.0. The average Bonchev–Trinajstić information content (AvgIpc) is 3.69. The zero-order valence-electron chi connectivity index (χ0n) is 41.8. The van der Waals surface area contributed by atoms with Crippen molar-refractivity contribution < 1.29 is 81.1 Å². The van der Waals surface area contributed by atoms with Gasteiger partial charge >= 0.3 is 0 Å². The number of imide groups is 1. The molecule has 1 aliphatic rings. The Hall–Kier alpha value is -6.46. The van der Waals surface area contributed by atoms with Crippen molar-refractivity contribution in [2.24, 2.45) is 11.5 Å². The fourth-order valence-corrected chi connectivity index (χ4v) is 6.34. The minimum atomic E-state index is -1.09. The van der Waals surface area contributed by atoms with Gasteiger partial charge in [-0.15, -0.1) is 0 Å². The number of nitrogens with zero attached hydrogens (tertiary/aromatic N) is 1. The van der Waals surface area contributed by atoms with Crippen molar-refractivity contribution in [2.45, 2.75) is 57.0 Å². The maximum Gasteiger partial charge on any atom is 0.253 e. The zero-order valence-corrected chi connectivity index (χ0v) is 41.8. The molecule has 74 heavy (non-hydrogen) atoms. The molecule has 27 heteroatoms. The van der Waals surface area contributed by atoms with Gasteiger partial charge in [-0.1, -0.05) is 36.8 Å². The summed E-state index contributed by atoms with van der Waals surface area (Å²) >= 11 is 0. The highest BCUT2D eigenvalue weighted by atomic mass is 16.6. The molecule has 0 saturated heterocycles. The number of carbonyl (C=O) groups is 10. The van der Waals surface area contributed by atoms with E-state index in [1.165, 1.54) is 17.1 Å². The van der Waals surface area contributed by atoms with Gasteiger partial charge in [0.1, 0.15) is 19.4 Å². The van der Waals surface area contributed by atoms with Crippen LogP contribution in [-0.4, -0.2) is 208 Å². The lowest BCUT2D eigenvalue weighted by Crippen LogP contribution is -2.52. The van der Waals surface area contributed by atoms with Crippen molar-refractivity contribution in [1.82, 2.24) is 42.1 Å². The first-order valence-electron chi connectivity index (χ1n) is 24.3. The molecule has 11 N–H and O–H groups in total. The van der Waals surface area contributed by atoms with Gasteiger partial charge in [-0.3, -0.25) is 52.8 Å². The van der Waals surface area contributed by atoms with Gasteiger partial charge < -0.3 is 81.8 Å². The van der Waals surface area contributed by atoms with E-state index in [2.05, 4.69) is 37.2 Å². The van der Waals surface area contributed by atoms with Crippen LogP contribution in [0.25, 0.3) is 0 Å². The number of hydrogen-bond donors (Lipinski definition) is 9. The van der Waals surface area contributed by atoms with Crippen LogP contribution in [-0.2, 0) is 87.5 Å². The van der Waals surface area contributed by atoms with Crippen LogP contribution in [0.2, 0.25) is 0 Å². The fraction of sp³-hybridized carbons (Fsp3) is 0.617. The van der Waals surface area contributed by atoms with Gasteiger partial charge in [0, 0.05) is 63.5 Å². The minimum Gasteiger partial charge on any atom is -0.379 e. The molecule has 0 spiro atoms. The molecule has 1 heterocycles. The van der Waals surface area contributed by atoms with E-state index in [9.17, 15) is 47.9 Å². The lowest BCUT2D eigenvalue weighted by molar-refractivity contribution is -0.137. The summed E-state index contributed by atoms with van der Waals surface area (Å²) in [6.45, 7) is 3.00. The van der Waals surface area contributed by atoms with Gasteiger partial charge in [-0.25, -0.2) is 0 Å². The molecule has 1 unspecified atom stereocenters. The van der Waals surface area contributed by atoms with E-state index < -0.39 is 79.7 Å². The molecule has 414 valence electrons. The topological polar surface area (TPSA) is 375 Å². The number of nitrogens with two attached hydrogens (primary N) is 2. The highest BCUT2D eigenvalue weighted by molar-refractivity contribution is 6.12. The Morgan fingerprint density at radius 1 is 0.527 bits per heavy atom. The molecule has 1 aromatic rings. The van der Waals surface area contributed by atoms with E-state index in [1.807, 2.05) is 0 Å². The van der Waals surface area contributed by atoms with E-state index in [4.69, 9.17) is 44.6 Å². The molecule has 0 radical (unpaired) electrons. The van der Waals surface area contributed by atoms with Crippen molar-refractivity contribution in [3.63, 3.8) is 0 Å². The Morgan fingerprint density at radius 3 is 1.66 bits per heavy atom. The predicted molar refractivity (Wildman–Crippen MR) is 262 cm³/mol. The Morgan fingerprint density at radius 2 is 1.07 bits per heavy atom. The van der Waals surface area contributed by atoms with Crippen LogP contribution in [0.5, 0.6) is 0 Å². The smallest absolute Gasteiger partial charge is 0.253 e. The molecule has 0 saturated carbocycles. The quantitative estimate of drug-likeness (QED) is 0.0169. The fourth-order valence-electron chi connectivity index (χ4n) is 6.34. The second kappa shape index (κ2) is 41.0. The zero-order chi connectivity index (χ0) is 54.0. The number of rotatable bonds is 46. The maximum absolute atomic E-state index is 12.9. The lowest BCUT2D eigenvalue weighted by atomic mass is 10.1. The maximum atomic E-state index is 12.9.